The molecule has 0 bridgehead atoms. The molecule has 5 nitrogen and oxygen atoms in total. The molecule has 4 aromatic rings. The van der Waals surface area contributed by atoms with Gasteiger partial charge in [0.25, 0.3) is 5.56 Å². The van der Waals surface area contributed by atoms with Gasteiger partial charge in [0, 0.05) is 17.7 Å². The van der Waals surface area contributed by atoms with Crippen molar-refractivity contribution in [2.45, 2.75) is 33.6 Å². The van der Waals surface area contributed by atoms with Gasteiger partial charge in [0.1, 0.15) is 0 Å². The van der Waals surface area contributed by atoms with Gasteiger partial charge in [-0.15, -0.1) is 0 Å². The summed E-state index contributed by atoms with van der Waals surface area (Å²) < 4.78 is 1.51. The number of hydrogen-bond acceptors (Lipinski definition) is 2. The zero-order valence-corrected chi connectivity index (χ0v) is 15.9. The zero-order chi connectivity index (χ0) is 19.0. The van der Waals surface area contributed by atoms with Gasteiger partial charge in [0.05, 0.1) is 11.0 Å². The molecule has 0 aliphatic heterocycles. The number of H-pyrrole nitrogens is 2. The number of fused-ring (bicyclic) bond motifs is 1. The monoisotopic (exact) mass is 360 g/mol. The average Bonchev–Trinajstić information content (AvgIpc) is 3.17. The van der Waals surface area contributed by atoms with Gasteiger partial charge >= 0.3 is 0 Å². The highest BCUT2D eigenvalue weighted by Gasteiger charge is 2.15. The number of aryl methyl sites for hydroxylation is 1. The molecule has 2 aromatic carbocycles. The summed E-state index contributed by atoms with van der Waals surface area (Å²) in [6.45, 7) is 6.34. The molecule has 0 amide bonds. The van der Waals surface area contributed by atoms with E-state index in [4.69, 9.17) is 0 Å². The highest BCUT2D eigenvalue weighted by atomic mass is 16.1. The van der Waals surface area contributed by atoms with Gasteiger partial charge in [0.15, 0.2) is 0 Å². The zero-order valence-electron chi connectivity index (χ0n) is 15.9. The highest BCUT2D eigenvalue weighted by molar-refractivity contribution is 5.77. The van der Waals surface area contributed by atoms with Crippen molar-refractivity contribution in [3.63, 3.8) is 0 Å². The maximum absolute atomic E-state index is 13.0. The summed E-state index contributed by atoms with van der Waals surface area (Å²) in [5, 5.41) is 3.17. The van der Waals surface area contributed by atoms with Crippen LogP contribution >= 0.6 is 0 Å². The molecule has 0 aliphatic rings. The van der Waals surface area contributed by atoms with E-state index < -0.39 is 0 Å². The summed E-state index contributed by atoms with van der Waals surface area (Å²) in [6.07, 6.45) is 1.63. The van der Waals surface area contributed by atoms with Crippen molar-refractivity contribution < 1.29 is 0 Å². The Hall–Kier alpha value is -3.08. The van der Waals surface area contributed by atoms with Crippen molar-refractivity contribution in [2.75, 3.05) is 0 Å². The van der Waals surface area contributed by atoms with Gasteiger partial charge < -0.3 is 4.98 Å². The normalized spacial score (nSPS) is 11.6. The van der Waals surface area contributed by atoms with E-state index in [9.17, 15) is 4.79 Å². The Labute approximate surface area is 158 Å². The number of imidazole rings is 1. The van der Waals surface area contributed by atoms with E-state index in [1.165, 1.54) is 10.2 Å². The molecule has 0 spiro atoms. The number of nitrogens with zero attached hydrogens (tertiary/aromatic N) is 2. The minimum Gasteiger partial charge on any atom is -0.322 e. The van der Waals surface area contributed by atoms with Crippen molar-refractivity contribution in [2.24, 2.45) is 5.92 Å². The quantitative estimate of drug-likeness (QED) is 0.562. The second-order valence-electron chi connectivity index (χ2n) is 7.53. The maximum Gasteiger partial charge on any atom is 0.277 e. The van der Waals surface area contributed by atoms with E-state index in [1.54, 1.807) is 0 Å². The third-order valence-electron chi connectivity index (χ3n) is 4.81. The molecule has 0 saturated carbocycles. The summed E-state index contributed by atoms with van der Waals surface area (Å²) in [7, 11) is 0. The van der Waals surface area contributed by atoms with Crippen LogP contribution in [-0.4, -0.2) is 19.7 Å². The minimum absolute atomic E-state index is 0.0576. The topological polar surface area (TPSA) is 66.5 Å². The lowest BCUT2D eigenvalue weighted by molar-refractivity contribution is 0.648. The van der Waals surface area contributed by atoms with E-state index in [-0.39, 0.29) is 5.56 Å². The molecule has 0 saturated heterocycles. The van der Waals surface area contributed by atoms with E-state index in [0.29, 0.717) is 18.3 Å². The standard InChI is InChI=1S/C22H24N4O/c1-14(2)11-17-9-10-19-20(13-17)24-22(23-19)26-21(27)18(15(3)25-26)12-16-7-5-4-6-8-16/h4-10,13-14,25H,11-12H2,1-3H3,(H,23,24). The average molecular weight is 360 g/mol. The molecular weight excluding hydrogens is 336 g/mol. The summed E-state index contributed by atoms with van der Waals surface area (Å²) in [4.78, 5) is 20.8. The molecule has 0 aliphatic carbocycles. The Bertz CT molecular complexity index is 1130. The fourth-order valence-corrected chi connectivity index (χ4v) is 3.49. The van der Waals surface area contributed by atoms with Crippen LogP contribution in [0.4, 0.5) is 0 Å². The number of aromatic amines is 2. The first-order valence-corrected chi connectivity index (χ1v) is 9.34. The van der Waals surface area contributed by atoms with Gasteiger partial charge in [0.2, 0.25) is 5.95 Å². The predicted molar refractivity (Wildman–Crippen MR) is 109 cm³/mol. The Morgan fingerprint density at radius 1 is 1.07 bits per heavy atom. The van der Waals surface area contributed by atoms with Crippen LogP contribution in [0.5, 0.6) is 0 Å². The molecule has 2 aromatic heterocycles. The van der Waals surface area contributed by atoms with Crippen molar-refractivity contribution in [1.29, 1.82) is 0 Å². The second kappa shape index (κ2) is 6.91. The fourth-order valence-electron chi connectivity index (χ4n) is 3.49. The van der Waals surface area contributed by atoms with Crippen molar-refractivity contribution in [1.82, 2.24) is 19.7 Å². The Morgan fingerprint density at radius 3 is 2.59 bits per heavy atom. The van der Waals surface area contributed by atoms with Crippen LogP contribution in [-0.2, 0) is 12.8 Å². The van der Waals surface area contributed by atoms with Crippen LogP contribution < -0.4 is 5.56 Å². The molecule has 27 heavy (non-hydrogen) atoms. The molecule has 0 fully saturated rings. The van der Waals surface area contributed by atoms with Crippen LogP contribution in [0.25, 0.3) is 17.0 Å². The first-order valence-electron chi connectivity index (χ1n) is 9.34. The van der Waals surface area contributed by atoms with Gasteiger partial charge in [-0.3, -0.25) is 9.89 Å². The Morgan fingerprint density at radius 2 is 1.85 bits per heavy atom. The van der Waals surface area contributed by atoms with Crippen LogP contribution in [0.15, 0.2) is 53.3 Å². The van der Waals surface area contributed by atoms with Crippen molar-refractivity contribution >= 4 is 11.0 Å². The number of benzene rings is 2. The molecule has 5 heteroatoms. The largest absolute Gasteiger partial charge is 0.322 e. The number of nitrogens with one attached hydrogen (secondary N) is 2. The van der Waals surface area contributed by atoms with Crippen LogP contribution in [0.2, 0.25) is 0 Å². The lowest BCUT2D eigenvalue weighted by atomic mass is 10.0. The molecule has 0 unspecified atom stereocenters. The highest BCUT2D eigenvalue weighted by Crippen LogP contribution is 2.18. The number of aromatic nitrogens is 4. The van der Waals surface area contributed by atoms with E-state index >= 15 is 0 Å². The fraction of sp³-hybridized carbons (Fsp3) is 0.273. The molecule has 4 rings (SSSR count). The second-order valence-corrected chi connectivity index (χ2v) is 7.53. The smallest absolute Gasteiger partial charge is 0.277 e. The summed E-state index contributed by atoms with van der Waals surface area (Å²) in [6, 6.07) is 16.3. The molecular formula is C22H24N4O. The van der Waals surface area contributed by atoms with Gasteiger partial charge in [-0.2, -0.15) is 4.68 Å². The van der Waals surface area contributed by atoms with E-state index in [0.717, 1.165) is 34.3 Å². The molecule has 0 atom stereocenters. The summed E-state index contributed by atoms with van der Waals surface area (Å²) in [5.74, 6) is 1.12. The third-order valence-corrected chi connectivity index (χ3v) is 4.81. The lowest BCUT2D eigenvalue weighted by Gasteiger charge is -2.03. The maximum atomic E-state index is 13.0. The van der Waals surface area contributed by atoms with Crippen LogP contribution in [0, 0.1) is 12.8 Å². The number of rotatable bonds is 5. The number of hydrogen-bond donors (Lipinski definition) is 2. The van der Waals surface area contributed by atoms with Crippen molar-refractivity contribution in [3.8, 4) is 5.95 Å². The first kappa shape index (κ1) is 17.3. The molecule has 2 N–H and O–H groups in total. The summed E-state index contributed by atoms with van der Waals surface area (Å²) in [5.41, 5.74) is 5.78. The van der Waals surface area contributed by atoms with Gasteiger partial charge in [-0.25, -0.2) is 4.98 Å². The molecule has 138 valence electrons. The van der Waals surface area contributed by atoms with E-state index in [2.05, 4.69) is 41.0 Å². The summed E-state index contributed by atoms with van der Waals surface area (Å²) >= 11 is 0. The lowest BCUT2D eigenvalue weighted by Crippen LogP contribution is -2.18. The Kier molecular flexibility index (Phi) is 4.44. The van der Waals surface area contributed by atoms with Crippen molar-refractivity contribution in [3.05, 3.63) is 81.3 Å². The first-order chi connectivity index (χ1) is 13.0. The predicted octanol–water partition coefficient (Wildman–Crippen LogP) is 4.14. The van der Waals surface area contributed by atoms with E-state index in [1.807, 2.05) is 43.3 Å². The van der Waals surface area contributed by atoms with Gasteiger partial charge in [-0.1, -0.05) is 50.2 Å². The SMILES string of the molecule is Cc1[nH]n(-c2nc3ccc(CC(C)C)cc3[nH]2)c(=O)c1Cc1ccccc1. The molecule has 2 heterocycles. The van der Waals surface area contributed by atoms with Crippen LogP contribution in [0.1, 0.15) is 36.2 Å². The van der Waals surface area contributed by atoms with Crippen LogP contribution in [0.3, 0.4) is 0 Å². The minimum atomic E-state index is -0.0576. The molecule has 0 radical (unpaired) electrons. The third kappa shape index (κ3) is 3.45. The Balaban J connectivity index is 1.71. The van der Waals surface area contributed by atoms with Gasteiger partial charge in [-0.05, 0) is 42.5 Å².